The van der Waals surface area contributed by atoms with Gasteiger partial charge in [0.2, 0.25) is 5.82 Å². The van der Waals surface area contributed by atoms with Gasteiger partial charge in [-0.1, -0.05) is 24.3 Å². The zero-order valence-electron chi connectivity index (χ0n) is 13.2. The Kier molecular flexibility index (Phi) is 4.19. The third-order valence-electron chi connectivity index (χ3n) is 3.84. The number of thioether (sulfide) groups is 1. The number of para-hydroxylation sites is 1. The van der Waals surface area contributed by atoms with E-state index >= 15 is 0 Å². The van der Waals surface area contributed by atoms with Crippen molar-refractivity contribution in [2.45, 2.75) is 11.4 Å². The Morgan fingerprint density at radius 3 is 2.96 bits per heavy atom. The number of fused-ring (bicyclic) bond motifs is 1. The van der Waals surface area contributed by atoms with Crippen molar-refractivity contribution in [3.63, 3.8) is 0 Å². The van der Waals surface area contributed by atoms with E-state index in [4.69, 9.17) is 0 Å². The van der Waals surface area contributed by atoms with Crippen LogP contribution in [-0.4, -0.2) is 38.4 Å². The number of carbonyl (C=O) groups excluding carboxylic acids is 1. The van der Waals surface area contributed by atoms with Gasteiger partial charge in [0, 0.05) is 22.8 Å². The van der Waals surface area contributed by atoms with Crippen molar-refractivity contribution < 1.29 is 9.18 Å². The number of aromatic nitrogens is 4. The second kappa shape index (κ2) is 6.64. The molecule has 0 unspecified atom stereocenters. The smallest absolute Gasteiger partial charge is 0.250 e. The Bertz CT molecular complexity index is 929. The van der Waals surface area contributed by atoms with E-state index in [2.05, 4.69) is 15.4 Å². The lowest BCUT2D eigenvalue weighted by Gasteiger charge is -2.28. The van der Waals surface area contributed by atoms with Crippen molar-refractivity contribution in [2.24, 2.45) is 0 Å². The van der Waals surface area contributed by atoms with E-state index in [0.29, 0.717) is 17.9 Å². The average molecular weight is 355 g/mol. The maximum Gasteiger partial charge on any atom is 0.250 e. The predicted octanol–water partition coefficient (Wildman–Crippen LogP) is 2.62. The molecule has 1 aliphatic heterocycles. The summed E-state index contributed by atoms with van der Waals surface area (Å²) < 4.78 is 13.3. The van der Waals surface area contributed by atoms with E-state index in [1.54, 1.807) is 28.8 Å². The summed E-state index contributed by atoms with van der Waals surface area (Å²) in [5.41, 5.74) is 1.44. The molecule has 2 aromatic carbocycles. The minimum Gasteiger partial charge on any atom is -0.309 e. The molecule has 25 heavy (non-hydrogen) atoms. The Balaban J connectivity index is 1.53. The third-order valence-corrected chi connectivity index (χ3v) is 4.88. The molecule has 1 aromatic heterocycles. The van der Waals surface area contributed by atoms with Crippen LogP contribution >= 0.6 is 11.8 Å². The van der Waals surface area contributed by atoms with Gasteiger partial charge < -0.3 is 4.90 Å². The summed E-state index contributed by atoms with van der Waals surface area (Å²) in [6.45, 7) is 0.632. The fraction of sp³-hybridized carbons (Fsp3) is 0.176. The quantitative estimate of drug-likeness (QED) is 0.723. The molecule has 0 N–H and O–H groups in total. The number of anilines is 1. The van der Waals surface area contributed by atoms with Crippen molar-refractivity contribution in [3.05, 3.63) is 54.3 Å². The molecule has 0 atom stereocenters. The molecule has 0 bridgehead atoms. The molecular formula is C17H14FN5OS. The van der Waals surface area contributed by atoms with E-state index in [9.17, 15) is 9.18 Å². The topological polar surface area (TPSA) is 63.9 Å². The lowest BCUT2D eigenvalue weighted by atomic mass is 10.2. The standard InChI is InChI=1S/C17H14FN5OS/c18-13-5-3-4-12(10-13)17-19-21-23(20-17)11-16(24)22-8-9-25-15-7-2-1-6-14(15)22/h1-7,10H,8-9,11H2. The fourth-order valence-electron chi connectivity index (χ4n) is 2.69. The monoisotopic (exact) mass is 355 g/mol. The van der Waals surface area contributed by atoms with Gasteiger partial charge in [-0.25, -0.2) is 4.39 Å². The van der Waals surface area contributed by atoms with Crippen LogP contribution < -0.4 is 4.90 Å². The number of benzene rings is 2. The number of rotatable bonds is 3. The third kappa shape index (κ3) is 3.25. The number of hydrogen-bond acceptors (Lipinski definition) is 5. The highest BCUT2D eigenvalue weighted by molar-refractivity contribution is 7.99. The molecule has 1 aliphatic rings. The molecule has 0 aliphatic carbocycles. The average Bonchev–Trinajstić information content (AvgIpc) is 3.10. The summed E-state index contributed by atoms with van der Waals surface area (Å²) in [6, 6.07) is 13.8. The molecule has 126 valence electrons. The van der Waals surface area contributed by atoms with Crippen molar-refractivity contribution in [3.8, 4) is 11.4 Å². The van der Waals surface area contributed by atoms with Crippen LogP contribution in [0.15, 0.2) is 53.4 Å². The Labute approximate surface area is 147 Å². The van der Waals surface area contributed by atoms with Crippen LogP contribution in [0.4, 0.5) is 10.1 Å². The Morgan fingerprint density at radius 1 is 1.20 bits per heavy atom. The number of halogens is 1. The summed E-state index contributed by atoms with van der Waals surface area (Å²) in [5.74, 6) is 0.674. The van der Waals surface area contributed by atoms with Gasteiger partial charge in [-0.2, -0.15) is 4.80 Å². The van der Waals surface area contributed by atoms with Gasteiger partial charge in [0.25, 0.3) is 5.91 Å². The highest BCUT2D eigenvalue weighted by Crippen LogP contribution is 2.34. The molecule has 8 heteroatoms. The Morgan fingerprint density at radius 2 is 2.08 bits per heavy atom. The zero-order chi connectivity index (χ0) is 17.2. The van der Waals surface area contributed by atoms with E-state index in [1.165, 1.54) is 16.9 Å². The molecule has 0 saturated heterocycles. The van der Waals surface area contributed by atoms with Gasteiger partial charge in [-0.15, -0.1) is 22.0 Å². The maximum absolute atomic E-state index is 13.3. The number of carbonyl (C=O) groups is 1. The first-order valence-electron chi connectivity index (χ1n) is 7.77. The molecule has 0 spiro atoms. The summed E-state index contributed by atoms with van der Waals surface area (Å²) in [7, 11) is 0. The lowest BCUT2D eigenvalue weighted by molar-refractivity contribution is -0.119. The van der Waals surface area contributed by atoms with Crippen LogP contribution in [0.5, 0.6) is 0 Å². The highest BCUT2D eigenvalue weighted by atomic mass is 32.2. The first-order chi connectivity index (χ1) is 12.2. The van der Waals surface area contributed by atoms with Gasteiger partial charge in [0.15, 0.2) is 0 Å². The van der Waals surface area contributed by atoms with Gasteiger partial charge in [-0.3, -0.25) is 4.79 Å². The number of amides is 1. The fourth-order valence-corrected chi connectivity index (χ4v) is 3.68. The van der Waals surface area contributed by atoms with Crippen LogP contribution in [0.25, 0.3) is 11.4 Å². The molecule has 6 nitrogen and oxygen atoms in total. The summed E-state index contributed by atoms with van der Waals surface area (Å²) in [4.78, 5) is 16.7. The minimum absolute atomic E-state index is 0.0126. The SMILES string of the molecule is O=C(Cn1nnc(-c2cccc(F)c2)n1)N1CCSc2ccccc21. The molecule has 0 fully saturated rings. The van der Waals surface area contributed by atoms with Crippen LogP contribution in [0, 0.1) is 5.82 Å². The van der Waals surface area contributed by atoms with Crippen molar-refractivity contribution >= 4 is 23.4 Å². The molecule has 2 heterocycles. The number of nitrogens with zero attached hydrogens (tertiary/aromatic N) is 5. The number of tetrazole rings is 1. The predicted molar refractivity (Wildman–Crippen MR) is 92.7 cm³/mol. The van der Waals surface area contributed by atoms with Crippen LogP contribution in [0.3, 0.4) is 0 Å². The number of hydrogen-bond donors (Lipinski definition) is 0. The van der Waals surface area contributed by atoms with Crippen molar-refractivity contribution in [2.75, 3.05) is 17.2 Å². The molecule has 0 radical (unpaired) electrons. The molecule has 3 aromatic rings. The molecule has 1 amide bonds. The van der Waals surface area contributed by atoms with Crippen LogP contribution in [-0.2, 0) is 11.3 Å². The summed E-state index contributed by atoms with van der Waals surface area (Å²) in [5, 5.41) is 12.0. The van der Waals surface area contributed by atoms with E-state index in [1.807, 2.05) is 24.3 Å². The minimum atomic E-state index is -0.368. The van der Waals surface area contributed by atoms with E-state index < -0.39 is 0 Å². The van der Waals surface area contributed by atoms with E-state index in [-0.39, 0.29) is 18.3 Å². The lowest BCUT2D eigenvalue weighted by Crippen LogP contribution is -2.38. The zero-order valence-corrected chi connectivity index (χ0v) is 14.0. The van der Waals surface area contributed by atoms with Gasteiger partial charge in [0.1, 0.15) is 12.4 Å². The maximum atomic E-state index is 13.3. The summed E-state index contributed by atoms with van der Waals surface area (Å²) >= 11 is 1.74. The normalized spacial score (nSPS) is 13.6. The van der Waals surface area contributed by atoms with Crippen LogP contribution in [0.2, 0.25) is 0 Å². The van der Waals surface area contributed by atoms with Gasteiger partial charge in [-0.05, 0) is 29.5 Å². The van der Waals surface area contributed by atoms with E-state index in [0.717, 1.165) is 16.3 Å². The van der Waals surface area contributed by atoms with Crippen molar-refractivity contribution in [1.29, 1.82) is 0 Å². The van der Waals surface area contributed by atoms with Crippen LogP contribution in [0.1, 0.15) is 0 Å². The first-order valence-corrected chi connectivity index (χ1v) is 8.75. The van der Waals surface area contributed by atoms with Gasteiger partial charge >= 0.3 is 0 Å². The first kappa shape index (κ1) is 15.8. The Hall–Kier alpha value is -2.74. The largest absolute Gasteiger partial charge is 0.309 e. The molecule has 4 rings (SSSR count). The summed E-state index contributed by atoms with van der Waals surface area (Å²) in [6.07, 6.45) is 0. The second-order valence-corrected chi connectivity index (χ2v) is 6.65. The molecular weight excluding hydrogens is 341 g/mol. The molecule has 0 saturated carbocycles. The van der Waals surface area contributed by atoms with Gasteiger partial charge in [0.05, 0.1) is 5.69 Å². The second-order valence-electron chi connectivity index (χ2n) is 5.52. The highest BCUT2D eigenvalue weighted by Gasteiger charge is 2.23. The van der Waals surface area contributed by atoms with Crippen molar-refractivity contribution in [1.82, 2.24) is 20.2 Å².